The van der Waals surface area contributed by atoms with Crippen LogP contribution in [0.5, 0.6) is 0 Å². The standard InChI is InChI=1S/C14H12FN3O5/c15-11-4-3-9(6-12(11)18(21)22)14(20)17-8-13(19)16-7-10-2-1-5-23-10/h1-6H,7-8H2,(H,16,19)(H,17,20). The van der Waals surface area contributed by atoms with Gasteiger partial charge in [0.2, 0.25) is 11.7 Å². The summed E-state index contributed by atoms with van der Waals surface area (Å²) in [7, 11) is 0. The highest BCUT2D eigenvalue weighted by Gasteiger charge is 2.17. The highest BCUT2D eigenvalue weighted by molar-refractivity contribution is 5.96. The summed E-state index contributed by atoms with van der Waals surface area (Å²) in [5.41, 5.74) is -0.920. The van der Waals surface area contributed by atoms with E-state index in [1.807, 2.05) is 0 Å². The molecule has 23 heavy (non-hydrogen) atoms. The number of rotatable bonds is 6. The molecule has 0 aliphatic carbocycles. The molecule has 1 aromatic carbocycles. The van der Waals surface area contributed by atoms with Gasteiger partial charge in [-0.05, 0) is 24.3 Å². The lowest BCUT2D eigenvalue weighted by Crippen LogP contribution is -2.36. The molecule has 0 radical (unpaired) electrons. The van der Waals surface area contributed by atoms with Crippen LogP contribution in [-0.2, 0) is 11.3 Å². The monoisotopic (exact) mass is 321 g/mol. The normalized spacial score (nSPS) is 10.1. The molecule has 8 nitrogen and oxygen atoms in total. The summed E-state index contributed by atoms with van der Waals surface area (Å²) in [4.78, 5) is 33.1. The SMILES string of the molecule is O=C(CNC(=O)c1ccc(F)c([N+](=O)[O-])c1)NCc1ccco1. The molecule has 2 rings (SSSR count). The van der Waals surface area contributed by atoms with Crippen LogP contribution >= 0.6 is 0 Å². The number of nitrogens with one attached hydrogen (secondary N) is 2. The van der Waals surface area contributed by atoms with E-state index in [2.05, 4.69) is 10.6 Å². The van der Waals surface area contributed by atoms with Gasteiger partial charge in [-0.3, -0.25) is 19.7 Å². The molecule has 1 aromatic heterocycles. The molecule has 1 heterocycles. The van der Waals surface area contributed by atoms with Crippen LogP contribution in [0.25, 0.3) is 0 Å². The van der Waals surface area contributed by atoms with Gasteiger partial charge in [-0.1, -0.05) is 0 Å². The summed E-state index contributed by atoms with van der Waals surface area (Å²) in [6.45, 7) is -0.158. The van der Waals surface area contributed by atoms with Gasteiger partial charge in [0.05, 0.1) is 24.3 Å². The summed E-state index contributed by atoms with van der Waals surface area (Å²) in [6, 6.07) is 6.08. The number of carbonyl (C=O) groups is 2. The van der Waals surface area contributed by atoms with Crippen LogP contribution in [0.1, 0.15) is 16.1 Å². The topological polar surface area (TPSA) is 114 Å². The Morgan fingerprint density at radius 3 is 2.70 bits per heavy atom. The zero-order valence-corrected chi connectivity index (χ0v) is 11.7. The van der Waals surface area contributed by atoms with E-state index in [1.54, 1.807) is 12.1 Å². The number of amides is 2. The van der Waals surface area contributed by atoms with Crippen LogP contribution in [-0.4, -0.2) is 23.3 Å². The molecule has 0 saturated carbocycles. The number of benzene rings is 1. The Bertz CT molecular complexity index is 730. The van der Waals surface area contributed by atoms with Crippen molar-refractivity contribution in [3.05, 3.63) is 63.9 Å². The molecule has 0 spiro atoms. The highest BCUT2D eigenvalue weighted by Crippen LogP contribution is 2.18. The van der Waals surface area contributed by atoms with Gasteiger partial charge < -0.3 is 15.1 Å². The summed E-state index contributed by atoms with van der Waals surface area (Å²) < 4.78 is 18.2. The van der Waals surface area contributed by atoms with Crippen LogP contribution in [0.3, 0.4) is 0 Å². The Morgan fingerprint density at radius 2 is 2.04 bits per heavy atom. The second-order valence-corrected chi connectivity index (χ2v) is 4.46. The van der Waals surface area contributed by atoms with E-state index in [0.29, 0.717) is 5.76 Å². The van der Waals surface area contributed by atoms with Crippen molar-refractivity contribution >= 4 is 17.5 Å². The van der Waals surface area contributed by atoms with Gasteiger partial charge in [-0.25, -0.2) is 0 Å². The molecule has 2 amide bonds. The molecule has 120 valence electrons. The van der Waals surface area contributed by atoms with Gasteiger partial charge in [0.25, 0.3) is 5.91 Å². The van der Waals surface area contributed by atoms with E-state index in [0.717, 1.165) is 18.2 Å². The van der Waals surface area contributed by atoms with E-state index >= 15 is 0 Å². The van der Waals surface area contributed by atoms with Crippen molar-refractivity contribution in [3.63, 3.8) is 0 Å². The van der Waals surface area contributed by atoms with Crippen LogP contribution in [0.15, 0.2) is 41.0 Å². The van der Waals surface area contributed by atoms with E-state index in [4.69, 9.17) is 4.42 Å². The number of hydrogen-bond acceptors (Lipinski definition) is 5. The van der Waals surface area contributed by atoms with Crippen LogP contribution < -0.4 is 10.6 Å². The number of nitro benzene ring substituents is 1. The molecule has 0 bridgehead atoms. The van der Waals surface area contributed by atoms with Crippen molar-refractivity contribution in [2.75, 3.05) is 6.54 Å². The van der Waals surface area contributed by atoms with Crippen molar-refractivity contribution in [2.45, 2.75) is 6.54 Å². The second kappa shape index (κ2) is 7.16. The second-order valence-electron chi connectivity index (χ2n) is 4.46. The van der Waals surface area contributed by atoms with Crippen molar-refractivity contribution in [1.29, 1.82) is 0 Å². The molecule has 0 atom stereocenters. The number of carbonyl (C=O) groups excluding carboxylic acids is 2. The molecule has 9 heteroatoms. The van der Waals surface area contributed by atoms with Crippen molar-refractivity contribution in [3.8, 4) is 0 Å². The summed E-state index contributed by atoms with van der Waals surface area (Å²) in [6.07, 6.45) is 1.46. The van der Waals surface area contributed by atoms with Gasteiger partial charge >= 0.3 is 5.69 Å². The number of hydrogen-bond donors (Lipinski definition) is 2. The summed E-state index contributed by atoms with van der Waals surface area (Å²) in [5.74, 6) is -1.67. The first-order chi connectivity index (χ1) is 11.0. The molecule has 0 fully saturated rings. The fourth-order valence-electron chi connectivity index (χ4n) is 1.72. The fraction of sp³-hybridized carbons (Fsp3) is 0.143. The third-order valence-corrected chi connectivity index (χ3v) is 2.85. The van der Waals surface area contributed by atoms with Crippen molar-refractivity contribution in [1.82, 2.24) is 10.6 Å². The molecule has 2 N–H and O–H groups in total. The Labute approximate surface area is 129 Å². The summed E-state index contributed by atoms with van der Waals surface area (Å²) >= 11 is 0. The smallest absolute Gasteiger partial charge is 0.305 e. The Kier molecular flexibility index (Phi) is 5.03. The van der Waals surface area contributed by atoms with Gasteiger partial charge in [-0.15, -0.1) is 0 Å². The Balaban J connectivity index is 1.88. The van der Waals surface area contributed by atoms with Gasteiger partial charge in [0, 0.05) is 11.6 Å². The van der Waals surface area contributed by atoms with E-state index in [9.17, 15) is 24.1 Å². The maximum Gasteiger partial charge on any atom is 0.305 e. The molecule has 0 aliphatic heterocycles. The largest absolute Gasteiger partial charge is 0.467 e. The van der Waals surface area contributed by atoms with E-state index in [-0.39, 0.29) is 18.7 Å². The predicted molar refractivity (Wildman–Crippen MR) is 75.9 cm³/mol. The Morgan fingerprint density at radius 1 is 1.26 bits per heavy atom. The number of furan rings is 1. The minimum atomic E-state index is -1.04. The lowest BCUT2D eigenvalue weighted by atomic mass is 10.2. The number of halogens is 1. The van der Waals surface area contributed by atoms with Gasteiger partial charge in [0.1, 0.15) is 5.76 Å². The van der Waals surface area contributed by atoms with Crippen LogP contribution in [0, 0.1) is 15.9 Å². The van der Waals surface area contributed by atoms with Crippen LogP contribution in [0.2, 0.25) is 0 Å². The molecule has 0 saturated heterocycles. The predicted octanol–water partition coefficient (Wildman–Crippen LogP) is 1.37. The lowest BCUT2D eigenvalue weighted by Gasteiger charge is -2.06. The maximum absolute atomic E-state index is 13.2. The lowest BCUT2D eigenvalue weighted by molar-refractivity contribution is -0.387. The first kappa shape index (κ1) is 16.1. The minimum absolute atomic E-state index is 0.114. The number of nitrogens with zero attached hydrogens (tertiary/aromatic N) is 1. The van der Waals surface area contributed by atoms with Gasteiger partial charge in [0.15, 0.2) is 0 Å². The third-order valence-electron chi connectivity index (χ3n) is 2.85. The first-order valence-electron chi connectivity index (χ1n) is 6.48. The molecule has 0 unspecified atom stereocenters. The van der Waals surface area contributed by atoms with Gasteiger partial charge in [-0.2, -0.15) is 4.39 Å². The fourth-order valence-corrected chi connectivity index (χ4v) is 1.72. The molecule has 2 aromatic rings. The molecular weight excluding hydrogens is 309 g/mol. The summed E-state index contributed by atoms with van der Waals surface area (Å²) in [5, 5.41) is 15.4. The van der Waals surface area contributed by atoms with E-state index in [1.165, 1.54) is 6.26 Å². The van der Waals surface area contributed by atoms with Crippen LogP contribution in [0.4, 0.5) is 10.1 Å². The van der Waals surface area contributed by atoms with Crippen molar-refractivity contribution in [2.24, 2.45) is 0 Å². The third kappa shape index (κ3) is 4.37. The zero-order chi connectivity index (χ0) is 16.8. The average Bonchev–Trinajstić information content (AvgIpc) is 3.04. The highest BCUT2D eigenvalue weighted by atomic mass is 19.1. The molecule has 0 aliphatic rings. The quantitative estimate of drug-likeness (QED) is 0.616. The van der Waals surface area contributed by atoms with E-state index < -0.39 is 28.2 Å². The Hall–Kier alpha value is -3.23. The maximum atomic E-state index is 13.2. The minimum Gasteiger partial charge on any atom is -0.467 e. The van der Waals surface area contributed by atoms with Crippen molar-refractivity contribution < 1.29 is 23.3 Å². The first-order valence-corrected chi connectivity index (χ1v) is 6.48. The number of nitro groups is 1. The zero-order valence-electron chi connectivity index (χ0n) is 11.7. The average molecular weight is 321 g/mol. The molecular formula is C14H12FN3O5.